The second-order valence-corrected chi connectivity index (χ2v) is 5.05. The maximum absolute atomic E-state index is 12.9. The summed E-state index contributed by atoms with van der Waals surface area (Å²) >= 11 is 0. The molecule has 0 saturated carbocycles. The zero-order chi connectivity index (χ0) is 16.1. The van der Waals surface area contributed by atoms with E-state index < -0.39 is 36.0 Å². The van der Waals surface area contributed by atoms with Crippen LogP contribution in [0.2, 0.25) is 0 Å². The molecule has 1 aromatic rings. The van der Waals surface area contributed by atoms with Crippen molar-refractivity contribution in [1.82, 2.24) is 10.2 Å². The Morgan fingerprint density at radius 1 is 1.32 bits per heavy atom. The van der Waals surface area contributed by atoms with Crippen molar-refractivity contribution < 1.29 is 31.5 Å². The number of carbonyl (C=O) groups is 1. The minimum atomic E-state index is -5.06. The van der Waals surface area contributed by atoms with E-state index in [1.807, 2.05) is 0 Å². The molecule has 3 rings (SSSR count). The minimum Gasteiger partial charge on any atom is -0.405 e. The van der Waals surface area contributed by atoms with Gasteiger partial charge in [-0.15, -0.1) is 13.2 Å². The second-order valence-electron chi connectivity index (χ2n) is 5.05. The molecular formula is C13H11F5N2O2. The van der Waals surface area contributed by atoms with E-state index in [1.54, 1.807) is 0 Å². The van der Waals surface area contributed by atoms with Crippen LogP contribution in [-0.2, 0) is 0 Å². The second kappa shape index (κ2) is 5.08. The summed E-state index contributed by atoms with van der Waals surface area (Å²) in [5, 5.41) is 2.99. The zero-order valence-corrected chi connectivity index (χ0v) is 11.1. The number of piperazine rings is 1. The Balaban J connectivity index is 2.13. The molecular weight excluding hydrogens is 311 g/mol. The first kappa shape index (κ1) is 15.0. The van der Waals surface area contributed by atoms with Crippen molar-refractivity contribution in [2.45, 2.75) is 18.8 Å². The van der Waals surface area contributed by atoms with Crippen LogP contribution in [-0.4, -0.2) is 36.8 Å². The molecule has 1 N–H and O–H groups in total. The highest BCUT2D eigenvalue weighted by molar-refractivity contribution is 6.02. The van der Waals surface area contributed by atoms with Crippen LogP contribution in [0.3, 0.4) is 0 Å². The van der Waals surface area contributed by atoms with E-state index in [2.05, 4.69) is 10.1 Å². The molecule has 2 heterocycles. The molecule has 4 nitrogen and oxygen atoms in total. The van der Waals surface area contributed by atoms with Gasteiger partial charge >= 0.3 is 6.36 Å². The third-order valence-electron chi connectivity index (χ3n) is 3.71. The summed E-state index contributed by atoms with van der Waals surface area (Å²) in [4.78, 5) is 13.7. The number of carbonyl (C=O) groups excluding carboxylic acids is 1. The van der Waals surface area contributed by atoms with Crippen molar-refractivity contribution in [3.05, 3.63) is 28.8 Å². The smallest absolute Gasteiger partial charge is 0.405 e. The van der Waals surface area contributed by atoms with Gasteiger partial charge in [0, 0.05) is 25.2 Å². The highest BCUT2D eigenvalue weighted by Crippen LogP contribution is 2.43. The topological polar surface area (TPSA) is 41.6 Å². The number of hydrogen-bond donors (Lipinski definition) is 1. The van der Waals surface area contributed by atoms with Crippen LogP contribution < -0.4 is 10.1 Å². The van der Waals surface area contributed by atoms with Crippen LogP contribution in [0.1, 0.15) is 34.0 Å². The standard InChI is InChI=1S/C13H11F5N2O2/c14-11(15)6-3-7-8-5-19-1-2-20(8)12(21)10(7)9(4-6)22-13(16,17)18/h3-4,8,11,19H,1-2,5H2/t8-/m1/s1. The number of nitrogens with zero attached hydrogens (tertiary/aromatic N) is 1. The van der Waals surface area contributed by atoms with Crippen molar-refractivity contribution in [2.24, 2.45) is 0 Å². The molecule has 1 amide bonds. The fourth-order valence-corrected chi connectivity index (χ4v) is 2.85. The molecule has 0 bridgehead atoms. The molecule has 1 fully saturated rings. The Kier molecular flexibility index (Phi) is 3.47. The molecule has 1 atom stereocenters. The molecule has 1 aromatic carbocycles. The first-order valence-corrected chi connectivity index (χ1v) is 6.51. The van der Waals surface area contributed by atoms with Crippen molar-refractivity contribution in [1.29, 1.82) is 0 Å². The molecule has 120 valence electrons. The predicted molar refractivity (Wildman–Crippen MR) is 64.7 cm³/mol. The van der Waals surface area contributed by atoms with Gasteiger partial charge in [0.2, 0.25) is 0 Å². The summed E-state index contributed by atoms with van der Waals surface area (Å²) in [5.74, 6) is -1.48. The summed E-state index contributed by atoms with van der Waals surface area (Å²) in [6.45, 7) is 1.10. The normalized spacial score (nSPS) is 21.1. The van der Waals surface area contributed by atoms with E-state index >= 15 is 0 Å². The molecule has 9 heteroatoms. The van der Waals surface area contributed by atoms with Gasteiger partial charge in [-0.05, 0) is 17.7 Å². The number of rotatable bonds is 2. The number of fused-ring (bicyclic) bond motifs is 3. The quantitative estimate of drug-likeness (QED) is 0.851. The van der Waals surface area contributed by atoms with E-state index in [1.165, 1.54) is 4.90 Å². The third kappa shape index (κ3) is 2.49. The zero-order valence-electron chi connectivity index (χ0n) is 11.1. The van der Waals surface area contributed by atoms with Gasteiger partial charge in [0.05, 0.1) is 11.6 Å². The number of halogens is 5. The van der Waals surface area contributed by atoms with Crippen LogP contribution in [0, 0.1) is 0 Å². The summed E-state index contributed by atoms with van der Waals surface area (Å²) in [6, 6.07) is 1.12. The van der Waals surface area contributed by atoms with Gasteiger partial charge in [0.1, 0.15) is 5.75 Å². The Labute approximate surface area is 121 Å². The lowest BCUT2D eigenvalue weighted by Gasteiger charge is -2.30. The summed E-state index contributed by atoms with van der Waals surface area (Å²) in [6.07, 6.45) is -8.02. The van der Waals surface area contributed by atoms with Gasteiger partial charge in [-0.1, -0.05) is 0 Å². The molecule has 1 saturated heterocycles. The Hall–Kier alpha value is -1.90. The third-order valence-corrected chi connectivity index (χ3v) is 3.71. The summed E-state index contributed by atoms with van der Waals surface area (Å²) < 4.78 is 67.1. The lowest BCUT2D eigenvalue weighted by molar-refractivity contribution is -0.274. The lowest BCUT2D eigenvalue weighted by Crippen LogP contribution is -2.44. The number of benzene rings is 1. The molecule has 0 aliphatic carbocycles. The highest BCUT2D eigenvalue weighted by atomic mass is 19.4. The number of nitrogens with one attached hydrogen (secondary N) is 1. The molecule has 0 radical (unpaired) electrons. The van der Waals surface area contributed by atoms with Gasteiger partial charge < -0.3 is 15.0 Å². The van der Waals surface area contributed by atoms with Crippen LogP contribution >= 0.6 is 0 Å². The molecule has 0 unspecified atom stereocenters. The Morgan fingerprint density at radius 2 is 2.05 bits per heavy atom. The van der Waals surface area contributed by atoms with Gasteiger partial charge in [-0.2, -0.15) is 0 Å². The van der Waals surface area contributed by atoms with Crippen LogP contribution in [0.5, 0.6) is 5.75 Å². The fourth-order valence-electron chi connectivity index (χ4n) is 2.85. The average Bonchev–Trinajstić information content (AvgIpc) is 2.71. The molecule has 2 aliphatic heterocycles. The first-order chi connectivity index (χ1) is 10.3. The molecule has 2 aliphatic rings. The number of ether oxygens (including phenoxy) is 1. The monoisotopic (exact) mass is 322 g/mol. The molecule has 0 aromatic heterocycles. The van der Waals surface area contributed by atoms with Gasteiger partial charge in [-0.3, -0.25) is 4.79 Å². The maximum atomic E-state index is 12.9. The Morgan fingerprint density at radius 3 is 2.68 bits per heavy atom. The van der Waals surface area contributed by atoms with Crippen LogP contribution in [0.25, 0.3) is 0 Å². The average molecular weight is 322 g/mol. The SMILES string of the molecule is O=C1c2c(OC(F)(F)F)cc(C(F)F)cc2[C@H]2CNCCN12. The maximum Gasteiger partial charge on any atom is 0.573 e. The first-order valence-electron chi connectivity index (χ1n) is 6.51. The predicted octanol–water partition coefficient (Wildman–Crippen LogP) is 2.62. The van der Waals surface area contributed by atoms with Crippen molar-refractivity contribution >= 4 is 5.91 Å². The highest BCUT2D eigenvalue weighted by Gasteiger charge is 2.43. The van der Waals surface area contributed by atoms with Crippen molar-refractivity contribution in [2.75, 3.05) is 19.6 Å². The number of alkyl halides is 5. The molecule has 22 heavy (non-hydrogen) atoms. The van der Waals surface area contributed by atoms with Crippen molar-refractivity contribution in [3.63, 3.8) is 0 Å². The number of hydrogen-bond acceptors (Lipinski definition) is 3. The van der Waals surface area contributed by atoms with E-state index in [-0.39, 0.29) is 11.1 Å². The van der Waals surface area contributed by atoms with Crippen LogP contribution in [0.4, 0.5) is 22.0 Å². The van der Waals surface area contributed by atoms with E-state index in [0.717, 1.165) is 6.07 Å². The minimum absolute atomic E-state index is 0.147. The lowest BCUT2D eigenvalue weighted by atomic mass is 9.99. The van der Waals surface area contributed by atoms with Gasteiger partial charge in [0.15, 0.2) is 0 Å². The van der Waals surface area contributed by atoms with E-state index in [9.17, 15) is 26.7 Å². The molecule has 0 spiro atoms. The summed E-state index contributed by atoms with van der Waals surface area (Å²) in [5.41, 5.74) is -0.733. The van der Waals surface area contributed by atoms with Gasteiger partial charge in [-0.25, -0.2) is 8.78 Å². The number of amides is 1. The summed E-state index contributed by atoms with van der Waals surface area (Å²) in [7, 11) is 0. The fraction of sp³-hybridized carbons (Fsp3) is 0.462. The van der Waals surface area contributed by atoms with E-state index in [0.29, 0.717) is 25.7 Å². The van der Waals surface area contributed by atoms with E-state index in [4.69, 9.17) is 0 Å². The largest absolute Gasteiger partial charge is 0.573 e. The van der Waals surface area contributed by atoms with Gasteiger partial charge in [0.25, 0.3) is 12.3 Å². The van der Waals surface area contributed by atoms with Crippen LogP contribution in [0.15, 0.2) is 12.1 Å². The van der Waals surface area contributed by atoms with Crippen molar-refractivity contribution in [3.8, 4) is 5.75 Å². The Bertz CT molecular complexity index is 617.